The van der Waals surface area contributed by atoms with E-state index < -0.39 is 0 Å². The first-order valence-corrected chi connectivity index (χ1v) is 7.71. The van der Waals surface area contributed by atoms with Crippen LogP contribution in [0.3, 0.4) is 0 Å². The van der Waals surface area contributed by atoms with E-state index >= 15 is 0 Å². The third kappa shape index (κ3) is 3.07. The van der Waals surface area contributed by atoms with Gasteiger partial charge in [-0.25, -0.2) is 0 Å². The summed E-state index contributed by atoms with van der Waals surface area (Å²) in [6.45, 7) is 2.43. The van der Waals surface area contributed by atoms with E-state index in [0.29, 0.717) is 35.2 Å². The molecular formula is C17H18N4O3. The SMILES string of the molecule is CCNC(=O)c1ccc2nn(-c3cc(CCO)ccc3O)nc2c1. The quantitative estimate of drug-likeness (QED) is 0.658. The Morgan fingerprint density at radius 1 is 1.17 bits per heavy atom. The van der Waals surface area contributed by atoms with Gasteiger partial charge in [-0.3, -0.25) is 4.79 Å². The lowest BCUT2D eigenvalue weighted by Gasteiger charge is -2.05. The molecule has 3 rings (SSSR count). The van der Waals surface area contributed by atoms with E-state index in [1.165, 1.54) is 4.80 Å². The van der Waals surface area contributed by atoms with Crippen LogP contribution < -0.4 is 5.32 Å². The highest BCUT2D eigenvalue weighted by Crippen LogP contribution is 2.23. The fraction of sp³-hybridized carbons (Fsp3) is 0.235. The van der Waals surface area contributed by atoms with Crippen LogP contribution in [0.4, 0.5) is 0 Å². The number of amides is 1. The standard InChI is InChI=1S/C17H18N4O3/c1-2-18-17(24)12-4-5-13-14(10-12)20-21(19-13)15-9-11(7-8-22)3-6-16(15)23/h3-6,9-10,22-23H,2,7-8H2,1H3,(H,18,24). The smallest absolute Gasteiger partial charge is 0.251 e. The van der Waals surface area contributed by atoms with Crippen LogP contribution in [0.25, 0.3) is 16.7 Å². The fourth-order valence-electron chi connectivity index (χ4n) is 2.44. The lowest BCUT2D eigenvalue weighted by atomic mass is 10.1. The molecule has 0 atom stereocenters. The number of fused-ring (bicyclic) bond motifs is 1. The van der Waals surface area contributed by atoms with Gasteiger partial charge in [0.15, 0.2) is 0 Å². The lowest BCUT2D eigenvalue weighted by Crippen LogP contribution is -2.22. The molecule has 0 bridgehead atoms. The Hall–Kier alpha value is -2.93. The maximum atomic E-state index is 11.9. The van der Waals surface area contributed by atoms with Crippen molar-refractivity contribution in [2.45, 2.75) is 13.3 Å². The van der Waals surface area contributed by atoms with Crippen LogP contribution in [-0.2, 0) is 6.42 Å². The first kappa shape index (κ1) is 15.9. The highest BCUT2D eigenvalue weighted by atomic mass is 16.3. The van der Waals surface area contributed by atoms with Crippen LogP contribution in [0, 0.1) is 0 Å². The van der Waals surface area contributed by atoms with Crippen LogP contribution in [0.2, 0.25) is 0 Å². The summed E-state index contributed by atoms with van der Waals surface area (Å²) < 4.78 is 0. The number of carbonyl (C=O) groups is 1. The zero-order valence-electron chi connectivity index (χ0n) is 13.2. The summed E-state index contributed by atoms with van der Waals surface area (Å²) in [5.41, 5.74) is 2.99. The Kier molecular flexibility index (Phi) is 4.43. The topological polar surface area (TPSA) is 100 Å². The Morgan fingerprint density at radius 2 is 1.96 bits per heavy atom. The van der Waals surface area contributed by atoms with Gasteiger partial charge >= 0.3 is 0 Å². The lowest BCUT2D eigenvalue weighted by molar-refractivity contribution is 0.0956. The molecule has 0 aliphatic carbocycles. The molecule has 7 heteroatoms. The number of phenolic OH excluding ortho intramolecular Hbond substituents is 1. The average Bonchev–Trinajstić information content (AvgIpc) is 3.00. The fourth-order valence-corrected chi connectivity index (χ4v) is 2.44. The number of nitrogens with one attached hydrogen (secondary N) is 1. The van der Waals surface area contributed by atoms with Gasteiger partial charge in [0.2, 0.25) is 0 Å². The molecule has 0 aliphatic heterocycles. The van der Waals surface area contributed by atoms with Gasteiger partial charge < -0.3 is 15.5 Å². The van der Waals surface area contributed by atoms with E-state index in [0.717, 1.165) is 5.56 Å². The normalized spacial score (nSPS) is 10.9. The molecule has 0 spiro atoms. The molecule has 7 nitrogen and oxygen atoms in total. The number of benzene rings is 2. The van der Waals surface area contributed by atoms with Gasteiger partial charge in [0.1, 0.15) is 22.5 Å². The first-order valence-electron chi connectivity index (χ1n) is 7.71. The molecule has 0 radical (unpaired) electrons. The number of rotatable bonds is 5. The number of aromatic nitrogens is 3. The molecule has 1 aromatic heterocycles. The van der Waals surface area contributed by atoms with Gasteiger partial charge in [0, 0.05) is 18.7 Å². The second kappa shape index (κ2) is 6.67. The molecular weight excluding hydrogens is 308 g/mol. The molecule has 2 aromatic carbocycles. The summed E-state index contributed by atoms with van der Waals surface area (Å²) in [5.74, 6) is -0.123. The molecule has 1 amide bonds. The highest BCUT2D eigenvalue weighted by Gasteiger charge is 2.12. The van der Waals surface area contributed by atoms with Gasteiger partial charge in [0.05, 0.1) is 0 Å². The van der Waals surface area contributed by atoms with Crippen molar-refractivity contribution in [2.24, 2.45) is 0 Å². The molecule has 0 fully saturated rings. The largest absolute Gasteiger partial charge is 0.506 e. The highest BCUT2D eigenvalue weighted by molar-refractivity contribution is 5.97. The number of nitrogens with zero attached hydrogens (tertiary/aromatic N) is 3. The molecule has 0 aliphatic rings. The summed E-state index contributed by atoms with van der Waals surface area (Å²) in [4.78, 5) is 13.2. The van der Waals surface area contributed by atoms with Gasteiger partial charge in [0.25, 0.3) is 5.91 Å². The van der Waals surface area contributed by atoms with Crippen LogP contribution in [-0.4, -0.2) is 44.3 Å². The molecule has 24 heavy (non-hydrogen) atoms. The van der Waals surface area contributed by atoms with Crippen molar-refractivity contribution < 1.29 is 15.0 Å². The number of aromatic hydroxyl groups is 1. The van der Waals surface area contributed by atoms with Crippen molar-refractivity contribution in [2.75, 3.05) is 13.2 Å². The Bertz CT molecular complexity index is 889. The van der Waals surface area contributed by atoms with Crippen LogP contribution in [0.1, 0.15) is 22.8 Å². The van der Waals surface area contributed by atoms with Crippen molar-refractivity contribution >= 4 is 16.9 Å². The van der Waals surface area contributed by atoms with Gasteiger partial charge in [-0.05, 0) is 49.2 Å². The van der Waals surface area contributed by atoms with Crippen molar-refractivity contribution in [1.82, 2.24) is 20.3 Å². The minimum atomic E-state index is -0.165. The Labute approximate surface area is 138 Å². The van der Waals surface area contributed by atoms with E-state index in [2.05, 4.69) is 15.5 Å². The number of aliphatic hydroxyl groups excluding tert-OH is 1. The monoisotopic (exact) mass is 326 g/mol. The van der Waals surface area contributed by atoms with Gasteiger partial charge in [-0.1, -0.05) is 6.07 Å². The maximum Gasteiger partial charge on any atom is 0.251 e. The minimum absolute atomic E-state index is 0.0224. The van der Waals surface area contributed by atoms with Gasteiger partial charge in [-0.15, -0.1) is 15.0 Å². The summed E-state index contributed by atoms with van der Waals surface area (Å²) >= 11 is 0. The van der Waals surface area contributed by atoms with E-state index in [1.54, 1.807) is 36.4 Å². The van der Waals surface area contributed by atoms with Crippen molar-refractivity contribution in [3.8, 4) is 11.4 Å². The molecule has 0 saturated heterocycles. The van der Waals surface area contributed by atoms with Crippen molar-refractivity contribution in [3.63, 3.8) is 0 Å². The molecule has 124 valence electrons. The summed E-state index contributed by atoms with van der Waals surface area (Å²) in [5, 5.41) is 30.6. The second-order valence-corrected chi connectivity index (χ2v) is 5.35. The van der Waals surface area contributed by atoms with Crippen molar-refractivity contribution in [3.05, 3.63) is 47.5 Å². The molecule has 1 heterocycles. The second-order valence-electron chi connectivity index (χ2n) is 5.35. The van der Waals surface area contributed by atoms with Crippen LogP contribution in [0.15, 0.2) is 36.4 Å². The minimum Gasteiger partial charge on any atom is -0.506 e. The summed E-state index contributed by atoms with van der Waals surface area (Å²) in [7, 11) is 0. The molecule has 0 saturated carbocycles. The molecule has 3 N–H and O–H groups in total. The third-order valence-electron chi connectivity index (χ3n) is 3.64. The molecule has 3 aromatic rings. The predicted octanol–water partition coefficient (Wildman–Crippen LogP) is 1.41. The summed E-state index contributed by atoms with van der Waals surface area (Å²) in [6, 6.07) is 10.1. The summed E-state index contributed by atoms with van der Waals surface area (Å²) in [6.07, 6.45) is 0.482. The Balaban J connectivity index is 2.02. The zero-order valence-corrected chi connectivity index (χ0v) is 13.2. The van der Waals surface area contributed by atoms with E-state index in [9.17, 15) is 9.90 Å². The number of phenols is 1. The predicted molar refractivity (Wildman–Crippen MR) is 89.3 cm³/mol. The molecule has 0 unspecified atom stereocenters. The van der Waals surface area contributed by atoms with E-state index in [-0.39, 0.29) is 18.3 Å². The number of aliphatic hydroxyl groups is 1. The van der Waals surface area contributed by atoms with Crippen LogP contribution >= 0.6 is 0 Å². The average molecular weight is 326 g/mol. The van der Waals surface area contributed by atoms with Gasteiger partial charge in [-0.2, -0.15) is 0 Å². The number of hydrogen-bond donors (Lipinski definition) is 3. The van der Waals surface area contributed by atoms with Crippen LogP contribution in [0.5, 0.6) is 5.75 Å². The zero-order chi connectivity index (χ0) is 17.1. The third-order valence-corrected chi connectivity index (χ3v) is 3.64. The van der Waals surface area contributed by atoms with E-state index in [4.69, 9.17) is 5.11 Å². The first-order chi connectivity index (χ1) is 11.6. The Morgan fingerprint density at radius 3 is 2.71 bits per heavy atom. The number of hydrogen-bond acceptors (Lipinski definition) is 5. The maximum absolute atomic E-state index is 11.9. The van der Waals surface area contributed by atoms with Crippen molar-refractivity contribution in [1.29, 1.82) is 0 Å². The van der Waals surface area contributed by atoms with E-state index in [1.807, 2.05) is 6.92 Å². The number of carbonyl (C=O) groups excluding carboxylic acids is 1.